The first kappa shape index (κ1) is 11.6. The third-order valence-electron chi connectivity index (χ3n) is 2.51. The lowest BCUT2D eigenvalue weighted by molar-refractivity contribution is 0.605. The Morgan fingerprint density at radius 2 is 1.94 bits per heavy atom. The molecule has 2 N–H and O–H groups in total. The minimum Gasteiger partial charge on any atom is -0.322 e. The molecule has 1 aliphatic heterocycles. The molecular formula is C11H12ClNO2S. The summed E-state index contributed by atoms with van der Waals surface area (Å²) in [4.78, 5) is 0.283. The largest absolute Gasteiger partial charge is 0.322 e. The summed E-state index contributed by atoms with van der Waals surface area (Å²) in [5.74, 6) is 0. The molecule has 0 radical (unpaired) electrons. The Labute approximate surface area is 99.8 Å². The lowest BCUT2D eigenvalue weighted by Gasteiger charge is -2.20. The number of benzene rings is 1. The van der Waals surface area contributed by atoms with Crippen LogP contribution in [0.1, 0.15) is 19.4 Å². The summed E-state index contributed by atoms with van der Waals surface area (Å²) in [7, 11) is -3.36. The highest BCUT2D eigenvalue weighted by molar-refractivity contribution is 7.95. The topological polar surface area (TPSA) is 60.2 Å². The van der Waals surface area contributed by atoms with E-state index in [-0.39, 0.29) is 4.90 Å². The first-order valence-corrected chi connectivity index (χ1v) is 6.70. The van der Waals surface area contributed by atoms with E-state index >= 15 is 0 Å². The van der Waals surface area contributed by atoms with E-state index in [0.29, 0.717) is 16.2 Å². The van der Waals surface area contributed by atoms with Crippen LogP contribution < -0.4 is 5.73 Å². The molecular weight excluding hydrogens is 246 g/mol. The molecule has 1 heterocycles. The highest BCUT2D eigenvalue weighted by Crippen LogP contribution is 2.39. The molecule has 1 aliphatic rings. The van der Waals surface area contributed by atoms with Crippen LogP contribution in [0.3, 0.4) is 0 Å². The van der Waals surface area contributed by atoms with Crippen LogP contribution in [0.4, 0.5) is 0 Å². The van der Waals surface area contributed by atoms with Crippen LogP contribution in [0.15, 0.2) is 28.5 Å². The molecule has 0 saturated carbocycles. The summed E-state index contributed by atoms with van der Waals surface area (Å²) in [6.07, 6.45) is 0. The zero-order chi connectivity index (χ0) is 12.1. The lowest BCUT2D eigenvalue weighted by atomic mass is 9.91. The summed E-state index contributed by atoms with van der Waals surface area (Å²) in [5, 5.41) is 1.74. The molecule has 0 spiro atoms. The summed E-state index contributed by atoms with van der Waals surface area (Å²) >= 11 is 5.87. The number of nitrogens with two attached hydrogens (primary N) is 1. The second-order valence-electron chi connectivity index (χ2n) is 4.44. The van der Waals surface area contributed by atoms with Crippen molar-refractivity contribution < 1.29 is 8.42 Å². The highest BCUT2D eigenvalue weighted by atomic mass is 35.5. The van der Waals surface area contributed by atoms with Gasteiger partial charge >= 0.3 is 0 Å². The van der Waals surface area contributed by atoms with Crippen molar-refractivity contribution in [3.05, 3.63) is 34.2 Å². The Hall–Kier alpha value is -0.840. The number of hydrogen-bond acceptors (Lipinski definition) is 3. The Bertz CT molecular complexity index is 582. The zero-order valence-corrected chi connectivity index (χ0v) is 10.6. The highest BCUT2D eigenvalue weighted by Gasteiger charge is 2.33. The van der Waals surface area contributed by atoms with Gasteiger partial charge in [-0.2, -0.15) is 0 Å². The number of sulfone groups is 1. The molecule has 0 aliphatic carbocycles. The average Bonchev–Trinajstić information content (AvgIpc) is 2.37. The van der Waals surface area contributed by atoms with Crippen LogP contribution >= 0.6 is 11.6 Å². The molecule has 3 nitrogen and oxygen atoms in total. The van der Waals surface area contributed by atoms with Crippen LogP contribution in [0.25, 0.3) is 5.57 Å². The molecule has 0 saturated heterocycles. The standard InChI is InChI=1S/C11H12ClNO2S/c1-11(2,13)9-6-16(14,15)10-4-3-7(12)5-8(9)10/h3-6H,13H2,1-2H3. The van der Waals surface area contributed by atoms with Crippen molar-refractivity contribution in [1.29, 1.82) is 0 Å². The Balaban J connectivity index is 2.77. The summed E-state index contributed by atoms with van der Waals surface area (Å²) in [5.41, 5.74) is 6.46. The quantitative estimate of drug-likeness (QED) is 0.839. The molecule has 0 bridgehead atoms. The second kappa shape index (κ2) is 3.32. The predicted octanol–water partition coefficient (Wildman–Crippen LogP) is 2.21. The van der Waals surface area contributed by atoms with E-state index < -0.39 is 15.4 Å². The molecule has 5 heteroatoms. The normalized spacial score (nSPS) is 18.1. The van der Waals surface area contributed by atoms with E-state index in [0.717, 1.165) is 0 Å². The Morgan fingerprint density at radius 3 is 2.50 bits per heavy atom. The van der Waals surface area contributed by atoms with Crippen LogP contribution in [0.5, 0.6) is 0 Å². The minimum atomic E-state index is -3.36. The number of halogens is 1. The Morgan fingerprint density at radius 1 is 1.31 bits per heavy atom. The molecule has 86 valence electrons. The van der Waals surface area contributed by atoms with Gasteiger partial charge in [-0.3, -0.25) is 0 Å². The van der Waals surface area contributed by atoms with Gasteiger partial charge in [0.2, 0.25) is 9.84 Å². The van der Waals surface area contributed by atoms with Gasteiger partial charge in [0.25, 0.3) is 0 Å². The van der Waals surface area contributed by atoms with Crippen LogP contribution in [0, 0.1) is 0 Å². The summed E-state index contributed by atoms with van der Waals surface area (Å²) in [6.45, 7) is 3.54. The maximum Gasteiger partial charge on any atom is 0.200 e. The maximum absolute atomic E-state index is 11.8. The molecule has 0 unspecified atom stereocenters. The van der Waals surface area contributed by atoms with Crippen molar-refractivity contribution in [1.82, 2.24) is 0 Å². The van der Waals surface area contributed by atoms with Gasteiger partial charge in [0.05, 0.1) is 4.90 Å². The second-order valence-corrected chi connectivity index (χ2v) is 6.64. The van der Waals surface area contributed by atoms with Crippen molar-refractivity contribution in [3.63, 3.8) is 0 Å². The van der Waals surface area contributed by atoms with E-state index in [1.54, 1.807) is 26.0 Å². The molecule has 0 atom stereocenters. The van der Waals surface area contributed by atoms with E-state index in [2.05, 4.69) is 0 Å². The van der Waals surface area contributed by atoms with E-state index in [4.69, 9.17) is 17.3 Å². The monoisotopic (exact) mass is 257 g/mol. The van der Waals surface area contributed by atoms with Gasteiger partial charge in [-0.15, -0.1) is 0 Å². The molecule has 1 aromatic rings. The van der Waals surface area contributed by atoms with Crippen LogP contribution in [-0.4, -0.2) is 14.0 Å². The van der Waals surface area contributed by atoms with Crippen molar-refractivity contribution >= 4 is 27.0 Å². The zero-order valence-electron chi connectivity index (χ0n) is 8.99. The first-order valence-electron chi connectivity index (χ1n) is 4.78. The van der Waals surface area contributed by atoms with Gasteiger partial charge in [-0.1, -0.05) is 11.6 Å². The van der Waals surface area contributed by atoms with Gasteiger partial charge in [-0.05, 0) is 37.6 Å². The Kier molecular flexibility index (Phi) is 2.42. The number of hydrogen-bond donors (Lipinski definition) is 1. The van der Waals surface area contributed by atoms with Crippen molar-refractivity contribution in [2.45, 2.75) is 24.3 Å². The van der Waals surface area contributed by atoms with E-state index in [1.165, 1.54) is 11.5 Å². The van der Waals surface area contributed by atoms with Crippen LogP contribution in [-0.2, 0) is 9.84 Å². The fourth-order valence-corrected chi connectivity index (χ4v) is 3.52. The summed E-state index contributed by atoms with van der Waals surface area (Å²) in [6, 6.07) is 4.72. The SMILES string of the molecule is CC(C)(N)C1=CS(=O)(=O)c2ccc(Cl)cc21. The molecule has 2 rings (SSSR count). The first-order chi connectivity index (χ1) is 7.22. The van der Waals surface area contributed by atoms with Gasteiger partial charge in [-0.25, -0.2) is 8.42 Å². The fourth-order valence-electron chi connectivity index (χ4n) is 1.74. The average molecular weight is 258 g/mol. The smallest absolute Gasteiger partial charge is 0.200 e. The number of rotatable bonds is 1. The number of fused-ring (bicyclic) bond motifs is 1. The third-order valence-corrected chi connectivity index (χ3v) is 4.26. The summed E-state index contributed by atoms with van der Waals surface area (Å²) < 4.78 is 23.7. The fraction of sp³-hybridized carbons (Fsp3) is 0.273. The van der Waals surface area contributed by atoms with E-state index in [1.807, 2.05) is 0 Å². The molecule has 0 amide bonds. The maximum atomic E-state index is 11.8. The van der Waals surface area contributed by atoms with Crippen molar-refractivity contribution in [2.75, 3.05) is 0 Å². The lowest BCUT2D eigenvalue weighted by Crippen LogP contribution is -2.32. The predicted molar refractivity (Wildman–Crippen MR) is 64.9 cm³/mol. The molecule has 0 aromatic heterocycles. The molecule has 0 fully saturated rings. The van der Waals surface area contributed by atoms with Gasteiger partial charge in [0.15, 0.2) is 0 Å². The molecule has 16 heavy (non-hydrogen) atoms. The van der Waals surface area contributed by atoms with Crippen LogP contribution in [0.2, 0.25) is 5.02 Å². The van der Waals surface area contributed by atoms with Crippen molar-refractivity contribution in [2.24, 2.45) is 5.73 Å². The van der Waals surface area contributed by atoms with Gasteiger partial charge in [0.1, 0.15) is 0 Å². The molecule has 1 aromatic carbocycles. The van der Waals surface area contributed by atoms with E-state index in [9.17, 15) is 8.42 Å². The minimum absolute atomic E-state index is 0.283. The van der Waals surface area contributed by atoms with Gasteiger partial charge < -0.3 is 5.73 Å². The van der Waals surface area contributed by atoms with Gasteiger partial charge in [0, 0.05) is 21.5 Å². The van der Waals surface area contributed by atoms with Crippen molar-refractivity contribution in [3.8, 4) is 0 Å². The third kappa shape index (κ3) is 1.77.